The molecule has 0 radical (unpaired) electrons. The molecule has 4 heteroatoms. The van der Waals surface area contributed by atoms with Gasteiger partial charge in [-0.2, -0.15) is 0 Å². The summed E-state index contributed by atoms with van der Waals surface area (Å²) in [6, 6.07) is 0. The van der Waals surface area contributed by atoms with Crippen molar-refractivity contribution < 1.29 is 9.90 Å². The minimum absolute atomic E-state index is 0.0213. The zero-order chi connectivity index (χ0) is 12.2. The van der Waals surface area contributed by atoms with E-state index in [0.717, 1.165) is 19.4 Å². The van der Waals surface area contributed by atoms with E-state index in [1.54, 1.807) is 0 Å². The second kappa shape index (κ2) is 5.64. The van der Waals surface area contributed by atoms with Gasteiger partial charge in [0.25, 0.3) is 0 Å². The van der Waals surface area contributed by atoms with Crippen LogP contribution in [0.2, 0.25) is 0 Å². The molecule has 0 aliphatic carbocycles. The van der Waals surface area contributed by atoms with Crippen molar-refractivity contribution in [1.29, 1.82) is 0 Å². The predicted octanol–water partition coefficient (Wildman–Crippen LogP) is 0.605. The number of rotatable bonds is 3. The molecule has 0 saturated carbocycles. The van der Waals surface area contributed by atoms with Crippen molar-refractivity contribution in [1.82, 2.24) is 10.2 Å². The molecule has 0 aromatic rings. The first-order chi connectivity index (χ1) is 7.46. The van der Waals surface area contributed by atoms with Gasteiger partial charge < -0.3 is 15.3 Å². The Morgan fingerprint density at radius 1 is 1.50 bits per heavy atom. The molecule has 1 rings (SSSR count). The largest absolute Gasteiger partial charge is 0.390 e. The number of nitrogens with zero attached hydrogens (tertiary/aromatic N) is 1. The number of hydrogen-bond acceptors (Lipinski definition) is 3. The minimum atomic E-state index is -0.596. The fourth-order valence-corrected chi connectivity index (χ4v) is 2.19. The zero-order valence-electron chi connectivity index (χ0n) is 10.6. The van der Waals surface area contributed by atoms with Gasteiger partial charge in [-0.25, -0.2) is 0 Å². The first-order valence-electron chi connectivity index (χ1n) is 6.12. The molecule has 1 aliphatic rings. The van der Waals surface area contributed by atoms with Gasteiger partial charge in [0.2, 0.25) is 5.91 Å². The van der Waals surface area contributed by atoms with Crippen molar-refractivity contribution >= 4 is 5.91 Å². The van der Waals surface area contributed by atoms with E-state index in [4.69, 9.17) is 0 Å². The van der Waals surface area contributed by atoms with E-state index in [9.17, 15) is 9.90 Å². The van der Waals surface area contributed by atoms with Crippen LogP contribution in [0.3, 0.4) is 0 Å². The Balaban J connectivity index is 2.51. The Hall–Kier alpha value is -0.610. The van der Waals surface area contributed by atoms with E-state index in [1.165, 1.54) is 0 Å². The molecule has 0 spiro atoms. The highest BCUT2D eigenvalue weighted by atomic mass is 16.3. The Morgan fingerprint density at radius 2 is 2.19 bits per heavy atom. The summed E-state index contributed by atoms with van der Waals surface area (Å²) in [5.74, 6) is 0.222. The van der Waals surface area contributed by atoms with Gasteiger partial charge in [0.05, 0.1) is 5.60 Å². The average molecular weight is 228 g/mol. The first-order valence-corrected chi connectivity index (χ1v) is 6.12. The standard InChI is InChI=1S/C12H24N2O2/c1-10(9-13-3)11(15)14-7-4-5-12(2,16)6-8-14/h10,13,16H,4-9H2,1-3H3. The van der Waals surface area contributed by atoms with E-state index in [1.807, 2.05) is 25.8 Å². The van der Waals surface area contributed by atoms with E-state index < -0.39 is 5.60 Å². The number of aliphatic hydroxyl groups is 1. The van der Waals surface area contributed by atoms with Crippen LogP contribution in [0.25, 0.3) is 0 Å². The summed E-state index contributed by atoms with van der Waals surface area (Å²) in [4.78, 5) is 13.9. The van der Waals surface area contributed by atoms with Crippen molar-refractivity contribution in [3.63, 3.8) is 0 Å². The maximum Gasteiger partial charge on any atom is 0.226 e. The van der Waals surface area contributed by atoms with Crippen LogP contribution in [0.4, 0.5) is 0 Å². The van der Waals surface area contributed by atoms with Gasteiger partial charge in [0.15, 0.2) is 0 Å². The Bertz CT molecular complexity index is 241. The van der Waals surface area contributed by atoms with Crippen LogP contribution in [-0.4, -0.2) is 48.2 Å². The molecule has 2 atom stereocenters. The fourth-order valence-electron chi connectivity index (χ4n) is 2.19. The van der Waals surface area contributed by atoms with Gasteiger partial charge in [0, 0.05) is 25.6 Å². The van der Waals surface area contributed by atoms with E-state index in [2.05, 4.69) is 5.32 Å². The Labute approximate surface area is 98.0 Å². The number of carbonyl (C=O) groups is 1. The van der Waals surface area contributed by atoms with E-state index >= 15 is 0 Å². The van der Waals surface area contributed by atoms with Crippen molar-refractivity contribution in [2.45, 2.75) is 38.7 Å². The third-order valence-corrected chi connectivity index (χ3v) is 3.31. The molecule has 2 unspecified atom stereocenters. The quantitative estimate of drug-likeness (QED) is 0.744. The molecule has 0 bridgehead atoms. The summed E-state index contributed by atoms with van der Waals surface area (Å²) in [6.07, 6.45) is 2.37. The first kappa shape index (κ1) is 13.5. The second-order valence-electron chi connectivity index (χ2n) is 5.13. The summed E-state index contributed by atoms with van der Waals surface area (Å²) in [6.45, 7) is 5.98. The van der Waals surface area contributed by atoms with Crippen molar-refractivity contribution in [2.24, 2.45) is 5.92 Å². The van der Waals surface area contributed by atoms with Gasteiger partial charge in [-0.3, -0.25) is 4.79 Å². The monoisotopic (exact) mass is 228 g/mol. The molecule has 2 N–H and O–H groups in total. The molecule has 16 heavy (non-hydrogen) atoms. The molecule has 1 heterocycles. The molecule has 1 aliphatic heterocycles. The molecule has 1 fully saturated rings. The lowest BCUT2D eigenvalue weighted by atomic mass is 9.98. The highest BCUT2D eigenvalue weighted by Crippen LogP contribution is 2.22. The van der Waals surface area contributed by atoms with Crippen molar-refractivity contribution in [3.8, 4) is 0 Å². The summed E-state index contributed by atoms with van der Waals surface area (Å²) in [5.41, 5.74) is -0.596. The van der Waals surface area contributed by atoms with Crippen LogP contribution in [0.5, 0.6) is 0 Å². The highest BCUT2D eigenvalue weighted by molar-refractivity contribution is 5.78. The molecule has 1 amide bonds. The molecule has 4 nitrogen and oxygen atoms in total. The molecular formula is C12H24N2O2. The number of hydrogen-bond donors (Lipinski definition) is 2. The number of nitrogens with one attached hydrogen (secondary N) is 1. The second-order valence-corrected chi connectivity index (χ2v) is 5.13. The minimum Gasteiger partial charge on any atom is -0.390 e. The smallest absolute Gasteiger partial charge is 0.226 e. The normalized spacial score (nSPS) is 28.6. The average Bonchev–Trinajstić information content (AvgIpc) is 2.39. The number of likely N-dealkylation sites (tertiary alicyclic amines) is 1. The Kier molecular flexibility index (Phi) is 4.74. The maximum absolute atomic E-state index is 12.1. The summed E-state index contributed by atoms with van der Waals surface area (Å²) < 4.78 is 0. The third kappa shape index (κ3) is 3.76. The molecule has 1 saturated heterocycles. The lowest BCUT2D eigenvalue weighted by Gasteiger charge is -2.25. The lowest BCUT2D eigenvalue weighted by molar-refractivity contribution is -0.134. The Morgan fingerprint density at radius 3 is 2.81 bits per heavy atom. The van der Waals surface area contributed by atoms with Crippen LogP contribution >= 0.6 is 0 Å². The van der Waals surface area contributed by atoms with Crippen LogP contribution in [-0.2, 0) is 4.79 Å². The fraction of sp³-hybridized carbons (Fsp3) is 0.917. The highest BCUT2D eigenvalue weighted by Gasteiger charge is 2.28. The number of amides is 1. The SMILES string of the molecule is CNCC(C)C(=O)N1CCCC(C)(O)CC1. The van der Waals surface area contributed by atoms with Crippen LogP contribution in [0.1, 0.15) is 33.1 Å². The zero-order valence-corrected chi connectivity index (χ0v) is 10.6. The predicted molar refractivity (Wildman–Crippen MR) is 64.1 cm³/mol. The van der Waals surface area contributed by atoms with Gasteiger partial charge >= 0.3 is 0 Å². The molecular weight excluding hydrogens is 204 g/mol. The number of carbonyl (C=O) groups excluding carboxylic acids is 1. The van der Waals surface area contributed by atoms with E-state index in [0.29, 0.717) is 19.5 Å². The van der Waals surface area contributed by atoms with Gasteiger partial charge in [-0.15, -0.1) is 0 Å². The van der Waals surface area contributed by atoms with Crippen LogP contribution < -0.4 is 5.32 Å². The summed E-state index contributed by atoms with van der Waals surface area (Å²) >= 11 is 0. The summed E-state index contributed by atoms with van der Waals surface area (Å²) in [7, 11) is 1.86. The van der Waals surface area contributed by atoms with E-state index in [-0.39, 0.29) is 11.8 Å². The topological polar surface area (TPSA) is 52.6 Å². The summed E-state index contributed by atoms with van der Waals surface area (Å²) in [5, 5.41) is 13.0. The van der Waals surface area contributed by atoms with Crippen molar-refractivity contribution in [3.05, 3.63) is 0 Å². The molecule has 0 aromatic heterocycles. The van der Waals surface area contributed by atoms with Gasteiger partial charge in [-0.1, -0.05) is 6.92 Å². The van der Waals surface area contributed by atoms with Gasteiger partial charge in [-0.05, 0) is 33.2 Å². The maximum atomic E-state index is 12.1. The lowest BCUT2D eigenvalue weighted by Crippen LogP contribution is -2.39. The van der Waals surface area contributed by atoms with Gasteiger partial charge in [0.1, 0.15) is 0 Å². The third-order valence-electron chi connectivity index (χ3n) is 3.31. The molecule has 0 aromatic carbocycles. The molecule has 94 valence electrons. The van der Waals surface area contributed by atoms with Crippen molar-refractivity contribution in [2.75, 3.05) is 26.7 Å². The van der Waals surface area contributed by atoms with Crippen LogP contribution in [0.15, 0.2) is 0 Å². The van der Waals surface area contributed by atoms with Crippen LogP contribution in [0, 0.1) is 5.92 Å².